The standard InChI is InChI=1S/C17H18N2O3S/c18-17(20)16(13-5-2-1-3-6-13)19-23(21,22)15-10-9-12-7-4-8-14(12)11-15/h1-3,5-6,9-11,16,19H,4,7-8H2,(H2,18,20). The Hall–Kier alpha value is -2.18. The Kier molecular flexibility index (Phi) is 4.19. The third-order valence-corrected chi connectivity index (χ3v) is 5.49. The number of carbonyl (C=O) groups is 1. The first kappa shape index (κ1) is 15.7. The van der Waals surface area contributed by atoms with Crippen molar-refractivity contribution < 1.29 is 13.2 Å². The van der Waals surface area contributed by atoms with Crippen LogP contribution in [0, 0.1) is 0 Å². The van der Waals surface area contributed by atoms with Crippen molar-refractivity contribution in [2.75, 3.05) is 0 Å². The minimum absolute atomic E-state index is 0.167. The van der Waals surface area contributed by atoms with E-state index < -0.39 is 22.0 Å². The molecule has 1 atom stereocenters. The molecule has 0 saturated carbocycles. The van der Waals surface area contributed by atoms with Gasteiger partial charge in [0.2, 0.25) is 15.9 Å². The van der Waals surface area contributed by atoms with E-state index in [0.717, 1.165) is 24.8 Å². The van der Waals surface area contributed by atoms with E-state index in [-0.39, 0.29) is 4.90 Å². The quantitative estimate of drug-likeness (QED) is 0.874. The number of benzene rings is 2. The van der Waals surface area contributed by atoms with Crippen LogP contribution in [0.1, 0.15) is 29.2 Å². The molecule has 3 rings (SSSR count). The summed E-state index contributed by atoms with van der Waals surface area (Å²) >= 11 is 0. The average molecular weight is 330 g/mol. The van der Waals surface area contributed by atoms with Crippen LogP contribution in [0.25, 0.3) is 0 Å². The van der Waals surface area contributed by atoms with Gasteiger partial charge in [0.1, 0.15) is 6.04 Å². The lowest BCUT2D eigenvalue weighted by molar-refractivity contribution is -0.119. The molecule has 120 valence electrons. The van der Waals surface area contributed by atoms with Crippen LogP contribution in [0.5, 0.6) is 0 Å². The second-order valence-electron chi connectivity index (χ2n) is 5.65. The second kappa shape index (κ2) is 6.14. The molecule has 2 aromatic carbocycles. The molecule has 0 aromatic heterocycles. The summed E-state index contributed by atoms with van der Waals surface area (Å²) < 4.78 is 27.6. The highest BCUT2D eigenvalue weighted by molar-refractivity contribution is 7.89. The number of amides is 1. The van der Waals surface area contributed by atoms with Crippen molar-refractivity contribution >= 4 is 15.9 Å². The maximum Gasteiger partial charge on any atom is 0.241 e. The molecule has 0 bridgehead atoms. The van der Waals surface area contributed by atoms with E-state index in [0.29, 0.717) is 5.56 Å². The van der Waals surface area contributed by atoms with Crippen LogP contribution in [-0.2, 0) is 27.7 Å². The largest absolute Gasteiger partial charge is 0.368 e. The average Bonchev–Trinajstić information content (AvgIpc) is 3.01. The van der Waals surface area contributed by atoms with Crippen LogP contribution in [0.2, 0.25) is 0 Å². The SMILES string of the molecule is NC(=O)C(NS(=O)(=O)c1ccc2c(c1)CCC2)c1ccccc1. The molecule has 0 aliphatic heterocycles. The first-order valence-electron chi connectivity index (χ1n) is 7.46. The Morgan fingerprint density at radius 3 is 2.43 bits per heavy atom. The smallest absolute Gasteiger partial charge is 0.241 e. The van der Waals surface area contributed by atoms with Crippen LogP contribution in [0.4, 0.5) is 0 Å². The summed E-state index contributed by atoms with van der Waals surface area (Å²) in [5.74, 6) is -0.735. The Labute approximate surface area is 135 Å². The fraction of sp³-hybridized carbons (Fsp3) is 0.235. The summed E-state index contributed by atoms with van der Waals surface area (Å²) in [4.78, 5) is 11.9. The van der Waals surface area contributed by atoms with Gasteiger partial charge in [0.25, 0.3) is 0 Å². The topological polar surface area (TPSA) is 89.3 Å². The zero-order valence-corrected chi connectivity index (χ0v) is 13.3. The van der Waals surface area contributed by atoms with Gasteiger partial charge in [0, 0.05) is 0 Å². The molecule has 3 N–H and O–H groups in total. The number of rotatable bonds is 5. The molecule has 23 heavy (non-hydrogen) atoms. The lowest BCUT2D eigenvalue weighted by atomic mass is 10.1. The van der Waals surface area contributed by atoms with E-state index in [1.54, 1.807) is 42.5 Å². The van der Waals surface area contributed by atoms with Crippen LogP contribution >= 0.6 is 0 Å². The van der Waals surface area contributed by atoms with Gasteiger partial charge in [-0.1, -0.05) is 36.4 Å². The summed E-state index contributed by atoms with van der Waals surface area (Å²) in [5.41, 5.74) is 8.15. The zero-order valence-electron chi connectivity index (χ0n) is 12.5. The summed E-state index contributed by atoms with van der Waals surface area (Å²) in [7, 11) is -3.83. The van der Waals surface area contributed by atoms with Gasteiger partial charge in [-0.15, -0.1) is 0 Å². The highest BCUT2D eigenvalue weighted by Crippen LogP contribution is 2.25. The number of hydrogen-bond acceptors (Lipinski definition) is 3. The van der Waals surface area contributed by atoms with Crippen LogP contribution in [0.15, 0.2) is 53.4 Å². The number of sulfonamides is 1. The van der Waals surface area contributed by atoms with Crippen molar-refractivity contribution in [3.05, 3.63) is 65.2 Å². The molecule has 5 nitrogen and oxygen atoms in total. The Balaban J connectivity index is 1.91. The van der Waals surface area contributed by atoms with Gasteiger partial charge in [-0.2, -0.15) is 4.72 Å². The summed E-state index contributed by atoms with van der Waals surface area (Å²) in [6, 6.07) is 12.6. The number of carbonyl (C=O) groups excluding carboxylic acids is 1. The summed E-state index contributed by atoms with van der Waals surface area (Å²) in [6.45, 7) is 0. The summed E-state index contributed by atoms with van der Waals surface area (Å²) in [6.07, 6.45) is 2.91. The van der Waals surface area contributed by atoms with Gasteiger partial charge in [-0.05, 0) is 48.1 Å². The van der Waals surface area contributed by atoms with Crippen LogP contribution < -0.4 is 10.5 Å². The first-order valence-corrected chi connectivity index (χ1v) is 8.94. The van der Waals surface area contributed by atoms with E-state index in [9.17, 15) is 13.2 Å². The minimum atomic E-state index is -3.83. The van der Waals surface area contributed by atoms with Crippen molar-refractivity contribution in [3.8, 4) is 0 Å². The van der Waals surface area contributed by atoms with E-state index in [2.05, 4.69) is 4.72 Å². The maximum absolute atomic E-state index is 12.6. The van der Waals surface area contributed by atoms with Gasteiger partial charge in [0.05, 0.1) is 4.90 Å². The molecule has 2 aromatic rings. The van der Waals surface area contributed by atoms with Crippen LogP contribution in [-0.4, -0.2) is 14.3 Å². The normalized spacial score (nSPS) is 15.1. The van der Waals surface area contributed by atoms with Gasteiger partial charge in [0.15, 0.2) is 0 Å². The number of primary amides is 1. The van der Waals surface area contributed by atoms with Crippen molar-refractivity contribution in [1.29, 1.82) is 0 Å². The highest BCUT2D eigenvalue weighted by Gasteiger charge is 2.26. The first-order chi connectivity index (χ1) is 11.0. The van der Waals surface area contributed by atoms with Gasteiger partial charge in [-0.25, -0.2) is 8.42 Å². The van der Waals surface area contributed by atoms with E-state index >= 15 is 0 Å². The molecule has 0 spiro atoms. The molecule has 0 heterocycles. The van der Waals surface area contributed by atoms with E-state index in [1.165, 1.54) is 5.56 Å². The molecule has 1 aliphatic carbocycles. The predicted molar refractivity (Wildman–Crippen MR) is 87.2 cm³/mol. The Bertz CT molecular complexity index is 832. The zero-order chi connectivity index (χ0) is 16.4. The molecule has 1 amide bonds. The van der Waals surface area contributed by atoms with Gasteiger partial charge >= 0.3 is 0 Å². The number of hydrogen-bond donors (Lipinski definition) is 2. The second-order valence-corrected chi connectivity index (χ2v) is 7.37. The molecule has 0 radical (unpaired) electrons. The van der Waals surface area contributed by atoms with Crippen molar-refractivity contribution in [3.63, 3.8) is 0 Å². The summed E-state index contributed by atoms with van der Waals surface area (Å²) in [5, 5.41) is 0. The fourth-order valence-corrected chi connectivity index (χ4v) is 4.12. The molecule has 1 aliphatic rings. The van der Waals surface area contributed by atoms with Crippen molar-refractivity contribution in [1.82, 2.24) is 4.72 Å². The Morgan fingerprint density at radius 1 is 1.04 bits per heavy atom. The highest BCUT2D eigenvalue weighted by atomic mass is 32.2. The van der Waals surface area contributed by atoms with Crippen molar-refractivity contribution in [2.24, 2.45) is 5.73 Å². The van der Waals surface area contributed by atoms with Crippen molar-refractivity contribution in [2.45, 2.75) is 30.2 Å². The number of nitrogens with one attached hydrogen (secondary N) is 1. The molecule has 0 saturated heterocycles. The van der Waals surface area contributed by atoms with E-state index in [4.69, 9.17) is 5.73 Å². The fourth-order valence-electron chi connectivity index (χ4n) is 2.87. The lowest BCUT2D eigenvalue weighted by Gasteiger charge is -2.16. The lowest BCUT2D eigenvalue weighted by Crippen LogP contribution is -2.37. The van der Waals surface area contributed by atoms with Gasteiger partial charge in [-0.3, -0.25) is 4.79 Å². The van der Waals surface area contributed by atoms with Gasteiger partial charge < -0.3 is 5.73 Å². The third-order valence-electron chi connectivity index (χ3n) is 4.07. The third kappa shape index (κ3) is 3.28. The molecular weight excluding hydrogens is 312 g/mol. The predicted octanol–water partition coefficient (Wildman–Crippen LogP) is 1.68. The maximum atomic E-state index is 12.6. The number of fused-ring (bicyclic) bond motifs is 1. The minimum Gasteiger partial charge on any atom is -0.368 e. The number of nitrogens with two attached hydrogens (primary N) is 1. The van der Waals surface area contributed by atoms with E-state index in [1.807, 2.05) is 6.07 Å². The molecular formula is C17H18N2O3S. The molecule has 0 fully saturated rings. The molecule has 6 heteroatoms. The van der Waals surface area contributed by atoms with Crippen LogP contribution in [0.3, 0.4) is 0 Å². The Morgan fingerprint density at radius 2 is 1.74 bits per heavy atom. The molecule has 1 unspecified atom stereocenters. The number of aryl methyl sites for hydroxylation is 2. The monoisotopic (exact) mass is 330 g/mol.